The molecule has 0 spiro atoms. The molecule has 34 heavy (non-hydrogen) atoms. The molecule has 2 saturated carbocycles. The number of imidazole rings is 1. The Balaban J connectivity index is 1.07. The summed E-state index contributed by atoms with van der Waals surface area (Å²) in [5, 5.41) is 6.47. The number of pyridine rings is 2. The van der Waals surface area contributed by atoms with Crippen LogP contribution in [-0.2, 0) is 13.1 Å². The number of carbonyl (C=O) groups is 1. The highest BCUT2D eigenvalue weighted by Gasteiger charge is 2.38. The molecule has 2 N–H and O–H groups in total. The molecule has 174 valence electrons. The first-order chi connectivity index (χ1) is 16.6. The maximum Gasteiger partial charge on any atom is 0.270 e. The predicted octanol–water partition coefficient (Wildman–Crippen LogP) is 2.80. The zero-order valence-corrected chi connectivity index (χ0v) is 19.0. The van der Waals surface area contributed by atoms with Crippen molar-refractivity contribution in [1.82, 2.24) is 29.4 Å². The molecular weight excluding hydrogens is 428 g/mol. The Kier molecular flexibility index (Phi) is 5.37. The Morgan fingerprint density at radius 2 is 1.97 bits per heavy atom. The van der Waals surface area contributed by atoms with Gasteiger partial charge in [0.25, 0.3) is 11.5 Å². The van der Waals surface area contributed by atoms with Gasteiger partial charge in [0.1, 0.15) is 17.0 Å². The molecule has 0 unspecified atom stereocenters. The minimum Gasteiger partial charge on any atom is -0.345 e. The van der Waals surface area contributed by atoms with Crippen molar-refractivity contribution in [3.8, 4) is 0 Å². The van der Waals surface area contributed by atoms with Crippen LogP contribution >= 0.6 is 0 Å². The fraction of sp³-hybridized carbons (Fsp3) is 0.385. The van der Waals surface area contributed by atoms with E-state index in [9.17, 15) is 9.59 Å². The van der Waals surface area contributed by atoms with Gasteiger partial charge in [-0.25, -0.2) is 9.97 Å². The first-order valence-corrected chi connectivity index (χ1v) is 12.1. The number of nitrogens with one attached hydrogen (secondary N) is 2. The number of rotatable bonds is 7. The van der Waals surface area contributed by atoms with Gasteiger partial charge in [0.15, 0.2) is 0 Å². The molecule has 0 aliphatic heterocycles. The summed E-state index contributed by atoms with van der Waals surface area (Å²) in [5.41, 5.74) is 3.05. The van der Waals surface area contributed by atoms with Crippen LogP contribution in [0.25, 0.3) is 11.3 Å². The van der Waals surface area contributed by atoms with E-state index in [4.69, 9.17) is 0 Å². The lowest BCUT2D eigenvalue weighted by atomic mass is 9.89. The molecule has 4 aromatic rings. The van der Waals surface area contributed by atoms with E-state index < -0.39 is 5.91 Å². The predicted molar refractivity (Wildman–Crippen MR) is 128 cm³/mol. The quantitative estimate of drug-likeness (QED) is 0.446. The third-order valence-corrected chi connectivity index (χ3v) is 7.42. The molecule has 8 nitrogen and oxygen atoms in total. The van der Waals surface area contributed by atoms with Crippen LogP contribution < -0.4 is 16.2 Å². The van der Waals surface area contributed by atoms with E-state index in [0.29, 0.717) is 5.65 Å². The first kappa shape index (κ1) is 21.0. The van der Waals surface area contributed by atoms with Gasteiger partial charge in [0.2, 0.25) is 0 Å². The molecule has 4 aromatic heterocycles. The average molecular weight is 457 g/mol. The molecule has 2 bridgehead atoms. The minimum absolute atomic E-state index is 0.101. The molecule has 3 atom stereocenters. The number of hydrogen-bond acceptors (Lipinski definition) is 5. The highest BCUT2D eigenvalue weighted by molar-refractivity contribution is 5.92. The third-order valence-electron chi connectivity index (χ3n) is 7.42. The van der Waals surface area contributed by atoms with Gasteiger partial charge in [-0.2, -0.15) is 0 Å². The van der Waals surface area contributed by atoms with E-state index in [1.165, 1.54) is 41.7 Å². The molecule has 1 amide bonds. The minimum atomic E-state index is -0.397. The van der Waals surface area contributed by atoms with E-state index in [1.54, 1.807) is 24.4 Å². The van der Waals surface area contributed by atoms with Crippen molar-refractivity contribution >= 4 is 17.2 Å². The molecule has 8 heteroatoms. The SMILES string of the molecule is O=C(NCc1cn2cc(CNC[C@H]3C[C@H]4CC[C@@H]3C4)ccc2n1)c1cc(=O)n2ccccc2n1. The molecule has 0 saturated heterocycles. The number of carbonyl (C=O) groups excluding carboxylic acids is 1. The van der Waals surface area contributed by atoms with Gasteiger partial charge in [0, 0.05) is 31.2 Å². The summed E-state index contributed by atoms with van der Waals surface area (Å²) >= 11 is 0. The average Bonchev–Trinajstić information content (AvgIpc) is 3.58. The highest BCUT2D eigenvalue weighted by atomic mass is 16.2. The van der Waals surface area contributed by atoms with Crippen molar-refractivity contribution in [1.29, 1.82) is 0 Å². The second kappa shape index (κ2) is 8.68. The standard InChI is InChI=1S/C26H28N6O2/c33-25-11-22(30-24-3-1-2-8-32(24)25)26(34)28-14-21-16-31-15-18(5-7-23(31)29-21)12-27-13-20-10-17-4-6-19(20)9-17/h1-3,5,7-8,11,15-17,19-20,27H,4,6,9-10,12-14H2,(H,28,34)/t17-,19+,20+/m0/s1. The van der Waals surface area contributed by atoms with Crippen LogP contribution in [0.15, 0.2) is 59.8 Å². The Morgan fingerprint density at radius 3 is 2.82 bits per heavy atom. The lowest BCUT2D eigenvalue weighted by Gasteiger charge is -2.21. The zero-order valence-electron chi connectivity index (χ0n) is 19.0. The van der Waals surface area contributed by atoms with E-state index in [-0.39, 0.29) is 17.8 Å². The van der Waals surface area contributed by atoms with Gasteiger partial charge in [-0.05, 0) is 67.3 Å². The van der Waals surface area contributed by atoms with Crippen molar-refractivity contribution in [3.05, 3.63) is 82.3 Å². The summed E-state index contributed by atoms with van der Waals surface area (Å²) < 4.78 is 3.40. The van der Waals surface area contributed by atoms with Gasteiger partial charge in [0.05, 0.1) is 12.2 Å². The largest absolute Gasteiger partial charge is 0.345 e. The third kappa shape index (κ3) is 4.09. The number of nitrogens with zero attached hydrogens (tertiary/aromatic N) is 4. The Bertz CT molecular complexity index is 1420. The molecule has 2 aliphatic rings. The lowest BCUT2D eigenvalue weighted by molar-refractivity contribution is 0.0945. The highest BCUT2D eigenvalue weighted by Crippen LogP contribution is 2.47. The summed E-state index contributed by atoms with van der Waals surface area (Å²) in [6, 6.07) is 10.6. The topological polar surface area (TPSA) is 92.8 Å². The molecule has 6 rings (SSSR count). The summed E-state index contributed by atoms with van der Waals surface area (Å²) in [5.74, 6) is 2.37. The smallest absolute Gasteiger partial charge is 0.270 e. The van der Waals surface area contributed by atoms with E-state index in [2.05, 4.69) is 32.9 Å². The van der Waals surface area contributed by atoms with Crippen molar-refractivity contribution in [3.63, 3.8) is 0 Å². The number of aromatic nitrogens is 4. The molecule has 0 radical (unpaired) electrons. The molecule has 0 aromatic carbocycles. The molecular formula is C26H28N6O2. The van der Waals surface area contributed by atoms with E-state index in [1.807, 2.05) is 16.7 Å². The maximum atomic E-state index is 12.6. The van der Waals surface area contributed by atoms with Gasteiger partial charge in [-0.15, -0.1) is 0 Å². The monoisotopic (exact) mass is 456 g/mol. The van der Waals surface area contributed by atoms with Crippen LogP contribution in [-0.4, -0.2) is 31.2 Å². The summed E-state index contributed by atoms with van der Waals surface area (Å²) in [7, 11) is 0. The second-order valence-corrected chi connectivity index (χ2v) is 9.69. The van der Waals surface area contributed by atoms with E-state index >= 15 is 0 Å². The molecule has 2 aliphatic carbocycles. The Labute approximate surface area is 197 Å². The van der Waals surface area contributed by atoms with Crippen LogP contribution in [0.4, 0.5) is 0 Å². The van der Waals surface area contributed by atoms with Gasteiger partial charge in [-0.1, -0.05) is 18.6 Å². The van der Waals surface area contributed by atoms with Crippen LogP contribution in [0.2, 0.25) is 0 Å². The number of fused-ring (bicyclic) bond motifs is 4. The fourth-order valence-electron chi connectivity index (χ4n) is 5.74. The second-order valence-electron chi connectivity index (χ2n) is 9.69. The normalized spacial score (nSPS) is 21.5. The maximum absolute atomic E-state index is 12.6. The molecule has 2 fully saturated rings. The van der Waals surface area contributed by atoms with Crippen molar-refractivity contribution < 1.29 is 4.79 Å². The van der Waals surface area contributed by atoms with Gasteiger partial charge < -0.3 is 15.0 Å². The van der Waals surface area contributed by atoms with Crippen LogP contribution in [0, 0.1) is 17.8 Å². The first-order valence-electron chi connectivity index (χ1n) is 12.1. The van der Waals surface area contributed by atoms with Crippen LogP contribution in [0.3, 0.4) is 0 Å². The van der Waals surface area contributed by atoms with Crippen molar-refractivity contribution in [2.24, 2.45) is 17.8 Å². The van der Waals surface area contributed by atoms with Crippen LogP contribution in [0.5, 0.6) is 0 Å². The fourth-order valence-corrected chi connectivity index (χ4v) is 5.74. The summed E-state index contributed by atoms with van der Waals surface area (Å²) in [4.78, 5) is 33.7. The summed E-state index contributed by atoms with van der Waals surface area (Å²) in [6.45, 7) is 2.21. The zero-order chi connectivity index (χ0) is 23.1. The summed E-state index contributed by atoms with van der Waals surface area (Å²) in [6.07, 6.45) is 11.4. The van der Waals surface area contributed by atoms with Crippen molar-refractivity contribution in [2.45, 2.75) is 38.8 Å². The van der Waals surface area contributed by atoms with Gasteiger partial charge >= 0.3 is 0 Å². The lowest BCUT2D eigenvalue weighted by Crippen LogP contribution is -2.27. The van der Waals surface area contributed by atoms with Crippen LogP contribution in [0.1, 0.15) is 47.4 Å². The van der Waals surface area contributed by atoms with Crippen molar-refractivity contribution in [2.75, 3.05) is 6.54 Å². The Hall–Kier alpha value is -3.52. The van der Waals surface area contributed by atoms with E-state index in [0.717, 1.165) is 42.2 Å². The number of amides is 1. The number of hydrogen-bond donors (Lipinski definition) is 2. The Morgan fingerprint density at radius 1 is 1.03 bits per heavy atom. The van der Waals surface area contributed by atoms with Gasteiger partial charge in [-0.3, -0.25) is 14.0 Å². The molecule has 4 heterocycles.